The fourth-order valence-corrected chi connectivity index (χ4v) is 6.65. The largest absolute Gasteiger partial charge is 0.373 e. The lowest BCUT2D eigenvalue weighted by Gasteiger charge is -2.40. The molecule has 4 rings (SSSR count). The number of thiophene rings is 1. The molecule has 4 heterocycles. The predicted molar refractivity (Wildman–Crippen MR) is 121 cm³/mol. The van der Waals surface area contributed by atoms with Crippen LogP contribution in [0.15, 0.2) is 17.5 Å². The quantitative estimate of drug-likeness (QED) is 0.539. The van der Waals surface area contributed by atoms with Crippen LogP contribution < -0.4 is 0 Å². The molecule has 10 nitrogen and oxygen atoms in total. The van der Waals surface area contributed by atoms with Crippen LogP contribution in [0, 0.1) is 4.77 Å². The van der Waals surface area contributed by atoms with Crippen molar-refractivity contribution >= 4 is 33.8 Å². The zero-order chi connectivity index (χ0) is 22.0. The number of rotatable bonds is 7. The first-order chi connectivity index (χ1) is 14.8. The second kappa shape index (κ2) is 9.73. The lowest BCUT2D eigenvalue weighted by molar-refractivity contribution is -0.0458. The third-order valence-electron chi connectivity index (χ3n) is 5.55. The number of aryl methyl sites for hydroxylation is 2. The number of ether oxygens (including phenoxy) is 1. The molecule has 0 bridgehead atoms. The number of morpholine rings is 1. The van der Waals surface area contributed by atoms with Crippen molar-refractivity contribution in [3.63, 3.8) is 0 Å². The van der Waals surface area contributed by atoms with Gasteiger partial charge in [0.15, 0.2) is 0 Å². The number of hydrogen-bond acceptors (Lipinski definition) is 8. The molecule has 0 spiro atoms. The zero-order valence-electron chi connectivity index (χ0n) is 17.8. The van der Waals surface area contributed by atoms with E-state index in [-0.39, 0.29) is 12.2 Å². The van der Waals surface area contributed by atoms with Crippen LogP contribution in [0.25, 0.3) is 0 Å². The van der Waals surface area contributed by atoms with Gasteiger partial charge in [-0.2, -0.15) is 17.0 Å². The average molecular weight is 488 g/mol. The molecule has 0 N–H and O–H groups in total. The van der Waals surface area contributed by atoms with Gasteiger partial charge in [-0.3, -0.25) is 4.90 Å². The second-order valence-electron chi connectivity index (χ2n) is 8.05. The molecule has 0 radical (unpaired) electrons. The van der Waals surface area contributed by atoms with Gasteiger partial charge < -0.3 is 4.74 Å². The molecule has 2 aromatic rings. The van der Waals surface area contributed by atoms with Gasteiger partial charge in [0.25, 0.3) is 10.2 Å². The summed E-state index contributed by atoms with van der Waals surface area (Å²) in [5.74, 6) is 0. The zero-order valence-corrected chi connectivity index (χ0v) is 20.3. The highest BCUT2D eigenvalue weighted by molar-refractivity contribution is 7.86. The van der Waals surface area contributed by atoms with E-state index in [0.717, 1.165) is 6.42 Å². The summed E-state index contributed by atoms with van der Waals surface area (Å²) in [5, 5.41) is 10.5. The highest BCUT2D eigenvalue weighted by atomic mass is 32.2. The number of tetrazole rings is 1. The minimum atomic E-state index is -3.48. The maximum atomic E-state index is 13.1. The number of piperazine rings is 1. The van der Waals surface area contributed by atoms with Gasteiger partial charge in [-0.25, -0.2) is 9.36 Å². The van der Waals surface area contributed by atoms with Gasteiger partial charge in [-0.15, -0.1) is 11.3 Å². The summed E-state index contributed by atoms with van der Waals surface area (Å²) in [5.41, 5.74) is 0. The van der Waals surface area contributed by atoms with E-state index in [1.807, 2.05) is 19.9 Å². The van der Waals surface area contributed by atoms with Gasteiger partial charge in [0.05, 0.1) is 25.4 Å². The van der Waals surface area contributed by atoms with Crippen molar-refractivity contribution in [3.8, 4) is 0 Å². The molecule has 2 aliphatic heterocycles. The van der Waals surface area contributed by atoms with Crippen molar-refractivity contribution in [1.29, 1.82) is 0 Å². The first kappa shape index (κ1) is 23.0. The first-order valence-corrected chi connectivity index (χ1v) is 13.2. The molecular formula is C18H29N7O3S3. The van der Waals surface area contributed by atoms with Crippen molar-refractivity contribution in [3.05, 3.63) is 27.2 Å². The van der Waals surface area contributed by atoms with E-state index in [9.17, 15) is 8.42 Å². The monoisotopic (exact) mass is 487 g/mol. The van der Waals surface area contributed by atoms with Crippen LogP contribution in [-0.2, 0) is 34.6 Å². The Morgan fingerprint density at radius 2 is 1.77 bits per heavy atom. The smallest absolute Gasteiger partial charge is 0.282 e. The van der Waals surface area contributed by atoms with Crippen molar-refractivity contribution in [2.24, 2.45) is 0 Å². The summed E-state index contributed by atoms with van der Waals surface area (Å²) in [6.07, 6.45) is 0.688. The van der Waals surface area contributed by atoms with Crippen LogP contribution in [0.5, 0.6) is 0 Å². The molecule has 2 atom stereocenters. The maximum absolute atomic E-state index is 13.1. The fraction of sp³-hybridized carbons (Fsp3) is 0.722. The summed E-state index contributed by atoms with van der Waals surface area (Å²) in [4.78, 5) is 3.45. The Bertz CT molecular complexity index is 1000. The molecule has 0 amide bonds. The van der Waals surface area contributed by atoms with E-state index in [4.69, 9.17) is 17.0 Å². The van der Waals surface area contributed by atoms with Crippen molar-refractivity contribution in [2.45, 2.75) is 45.7 Å². The Morgan fingerprint density at radius 3 is 2.42 bits per heavy atom. The fourth-order valence-electron chi connectivity index (χ4n) is 3.98. The standard InChI is InChI=1S/C18H29N7O3S3/c1-15-12-23(13-16(2)28-15)31(26,27)22-9-7-21(8-10-22)14-25-18(29)24(19-20-25)6-5-17-4-3-11-30-17/h3-4,11,15-16H,5-10,12-14H2,1-2H3. The van der Waals surface area contributed by atoms with E-state index in [1.165, 1.54) is 4.88 Å². The summed E-state index contributed by atoms with van der Waals surface area (Å²) in [6, 6.07) is 4.14. The van der Waals surface area contributed by atoms with Gasteiger partial charge >= 0.3 is 0 Å². The van der Waals surface area contributed by atoms with Crippen LogP contribution in [0.4, 0.5) is 0 Å². The van der Waals surface area contributed by atoms with Gasteiger partial charge in [0.1, 0.15) is 0 Å². The Labute approximate surface area is 192 Å². The van der Waals surface area contributed by atoms with Crippen molar-refractivity contribution in [2.75, 3.05) is 39.3 Å². The Morgan fingerprint density at radius 1 is 1.10 bits per heavy atom. The normalized spacial score (nSPS) is 24.6. The average Bonchev–Trinajstić information content (AvgIpc) is 3.37. The predicted octanol–water partition coefficient (Wildman–Crippen LogP) is 1.04. The Hall–Kier alpha value is -1.22. The minimum absolute atomic E-state index is 0.0934. The van der Waals surface area contributed by atoms with E-state index < -0.39 is 10.2 Å². The molecule has 0 saturated carbocycles. The molecule has 2 aliphatic rings. The van der Waals surface area contributed by atoms with Gasteiger partial charge in [-0.05, 0) is 47.9 Å². The minimum Gasteiger partial charge on any atom is -0.373 e. The van der Waals surface area contributed by atoms with E-state index in [0.29, 0.717) is 57.3 Å². The highest BCUT2D eigenvalue weighted by Gasteiger charge is 2.36. The summed E-state index contributed by atoms with van der Waals surface area (Å²) < 4.78 is 39.0. The lowest BCUT2D eigenvalue weighted by Crippen LogP contribution is -2.57. The highest BCUT2D eigenvalue weighted by Crippen LogP contribution is 2.19. The Kier molecular flexibility index (Phi) is 7.20. The third kappa shape index (κ3) is 5.41. The van der Waals surface area contributed by atoms with E-state index in [1.54, 1.807) is 29.3 Å². The topological polar surface area (TPSA) is 88.7 Å². The number of nitrogens with zero attached hydrogens (tertiary/aromatic N) is 7. The molecule has 2 fully saturated rings. The Balaban J connectivity index is 1.31. The van der Waals surface area contributed by atoms with E-state index in [2.05, 4.69) is 26.8 Å². The maximum Gasteiger partial charge on any atom is 0.282 e. The number of aromatic nitrogens is 4. The van der Waals surface area contributed by atoms with Crippen LogP contribution in [0.3, 0.4) is 0 Å². The van der Waals surface area contributed by atoms with Gasteiger partial charge in [0.2, 0.25) is 4.77 Å². The van der Waals surface area contributed by atoms with Gasteiger partial charge in [0, 0.05) is 50.6 Å². The van der Waals surface area contributed by atoms with Gasteiger partial charge in [-0.1, -0.05) is 6.07 Å². The third-order valence-corrected chi connectivity index (χ3v) is 8.88. The molecule has 0 aromatic carbocycles. The van der Waals surface area contributed by atoms with E-state index >= 15 is 0 Å². The van der Waals surface area contributed by atoms with Crippen molar-refractivity contribution in [1.82, 2.24) is 33.3 Å². The second-order valence-corrected chi connectivity index (χ2v) is 11.4. The lowest BCUT2D eigenvalue weighted by atomic mass is 10.3. The summed E-state index contributed by atoms with van der Waals surface area (Å²) in [6.45, 7) is 7.97. The molecule has 172 valence electrons. The number of hydrogen-bond donors (Lipinski definition) is 0. The molecule has 0 aliphatic carbocycles. The summed E-state index contributed by atoms with van der Waals surface area (Å²) in [7, 11) is -3.48. The molecule has 2 unspecified atom stereocenters. The van der Waals surface area contributed by atoms with Crippen molar-refractivity contribution < 1.29 is 13.2 Å². The van der Waals surface area contributed by atoms with Crippen LogP contribution in [-0.4, -0.2) is 93.2 Å². The summed E-state index contributed by atoms with van der Waals surface area (Å²) >= 11 is 7.25. The van der Waals surface area contributed by atoms with Crippen LogP contribution in [0.2, 0.25) is 0 Å². The molecule has 2 saturated heterocycles. The van der Waals surface area contributed by atoms with Crippen LogP contribution in [0.1, 0.15) is 18.7 Å². The molecule has 2 aromatic heterocycles. The molecular weight excluding hydrogens is 458 g/mol. The SMILES string of the molecule is CC1CN(S(=O)(=O)N2CCN(Cn3nnn(CCc4cccs4)c3=S)CC2)CC(C)O1. The van der Waals surface area contributed by atoms with Crippen LogP contribution >= 0.6 is 23.6 Å². The molecule has 31 heavy (non-hydrogen) atoms. The molecule has 13 heteroatoms. The first-order valence-electron chi connectivity index (χ1n) is 10.5.